The number of hydrogen-bond donors (Lipinski definition) is 2. The molecule has 0 amide bonds. The van der Waals surface area contributed by atoms with Gasteiger partial charge in [0.05, 0.1) is 23.9 Å². The van der Waals surface area contributed by atoms with E-state index in [0.717, 1.165) is 75.5 Å². The second-order valence-electron chi connectivity index (χ2n) is 7.91. The lowest BCUT2D eigenvalue weighted by Gasteiger charge is -2.38. The van der Waals surface area contributed by atoms with Crippen LogP contribution in [0.3, 0.4) is 0 Å². The monoisotopic (exact) mass is 488 g/mol. The number of halogens is 2. The Bertz CT molecular complexity index is 977. The molecule has 170 valence electrons. The zero-order valence-electron chi connectivity index (χ0n) is 17.0. The molecule has 11 heteroatoms. The molecule has 7 nitrogen and oxygen atoms in total. The topological polar surface area (TPSA) is 83.6 Å². The van der Waals surface area contributed by atoms with E-state index in [0.29, 0.717) is 24.2 Å². The van der Waals surface area contributed by atoms with Gasteiger partial charge in [-0.1, -0.05) is 11.6 Å². The van der Waals surface area contributed by atoms with Crippen LogP contribution in [0.25, 0.3) is 0 Å². The first kappa shape index (κ1) is 22.7. The fourth-order valence-electron chi connectivity index (χ4n) is 4.22. The Morgan fingerprint density at radius 2 is 1.97 bits per heavy atom. The molecule has 1 aliphatic heterocycles. The van der Waals surface area contributed by atoms with Crippen molar-refractivity contribution in [2.24, 2.45) is 5.92 Å². The molecular weight excluding hydrogens is 463 g/mol. The number of nitrogens with one attached hydrogen (secondary N) is 2. The Hall–Kier alpha value is -1.46. The second-order valence-corrected chi connectivity index (χ2v) is 10.9. The van der Waals surface area contributed by atoms with Crippen molar-refractivity contribution in [3.05, 3.63) is 34.5 Å². The molecule has 1 saturated heterocycles. The number of ether oxygens (including phenoxy) is 1. The normalized spacial score (nSPS) is 22.9. The first-order valence-electron chi connectivity index (χ1n) is 10.4. The summed E-state index contributed by atoms with van der Waals surface area (Å²) in [5, 5.41) is 5.18. The summed E-state index contributed by atoms with van der Waals surface area (Å²) in [5.41, 5.74) is 0.405. The average Bonchev–Trinajstić information content (AvgIpc) is 3.27. The molecule has 2 aromatic rings. The van der Waals surface area contributed by atoms with E-state index in [4.69, 9.17) is 16.3 Å². The average molecular weight is 489 g/mol. The van der Waals surface area contributed by atoms with E-state index < -0.39 is 20.7 Å². The molecule has 1 aliphatic carbocycles. The number of thiazole rings is 1. The summed E-state index contributed by atoms with van der Waals surface area (Å²) < 4.78 is 47.3. The van der Waals surface area contributed by atoms with Gasteiger partial charge in [0.2, 0.25) is 0 Å². The molecule has 1 aromatic heterocycles. The zero-order chi connectivity index (χ0) is 21.8. The number of anilines is 2. The van der Waals surface area contributed by atoms with E-state index in [-0.39, 0.29) is 10.2 Å². The Labute approximate surface area is 191 Å². The minimum absolute atomic E-state index is 0.169. The van der Waals surface area contributed by atoms with Crippen LogP contribution in [-0.4, -0.2) is 57.2 Å². The van der Waals surface area contributed by atoms with Crippen LogP contribution in [0.2, 0.25) is 5.02 Å². The van der Waals surface area contributed by atoms with Gasteiger partial charge in [-0.2, -0.15) is 0 Å². The SMILES string of the molecule is O=S(=O)(Nc1nccs1)c1cc(Cl)c(NCC2CCC(N3CCOCC3)CC2)cc1F. The highest BCUT2D eigenvalue weighted by atomic mass is 35.5. The summed E-state index contributed by atoms with van der Waals surface area (Å²) in [5.74, 6) is -0.377. The van der Waals surface area contributed by atoms with Gasteiger partial charge in [-0.15, -0.1) is 11.3 Å². The van der Waals surface area contributed by atoms with Gasteiger partial charge in [-0.05, 0) is 43.7 Å². The van der Waals surface area contributed by atoms with Crippen molar-refractivity contribution in [1.82, 2.24) is 9.88 Å². The zero-order valence-corrected chi connectivity index (χ0v) is 19.4. The van der Waals surface area contributed by atoms with Crippen molar-refractivity contribution in [2.45, 2.75) is 36.6 Å². The molecule has 1 aromatic carbocycles. The number of nitrogens with zero attached hydrogens (tertiary/aromatic N) is 2. The highest BCUT2D eigenvalue weighted by Crippen LogP contribution is 2.32. The molecule has 0 atom stereocenters. The lowest BCUT2D eigenvalue weighted by molar-refractivity contribution is 0.00540. The van der Waals surface area contributed by atoms with Gasteiger partial charge >= 0.3 is 0 Å². The van der Waals surface area contributed by atoms with Crippen LogP contribution in [-0.2, 0) is 14.8 Å². The molecule has 0 unspecified atom stereocenters. The minimum atomic E-state index is -4.11. The van der Waals surface area contributed by atoms with Gasteiger partial charge in [0.1, 0.15) is 10.7 Å². The molecule has 2 heterocycles. The third kappa shape index (κ3) is 5.67. The van der Waals surface area contributed by atoms with Crippen LogP contribution < -0.4 is 10.0 Å². The Morgan fingerprint density at radius 3 is 2.65 bits per heavy atom. The smallest absolute Gasteiger partial charge is 0.266 e. The first-order valence-corrected chi connectivity index (χ1v) is 13.1. The van der Waals surface area contributed by atoms with Gasteiger partial charge in [0.15, 0.2) is 5.13 Å². The molecule has 0 bridgehead atoms. The van der Waals surface area contributed by atoms with Crippen LogP contribution in [0.1, 0.15) is 25.7 Å². The fraction of sp³-hybridized carbons (Fsp3) is 0.550. The molecule has 0 radical (unpaired) electrons. The number of hydrogen-bond acceptors (Lipinski definition) is 7. The first-order chi connectivity index (χ1) is 14.9. The maximum atomic E-state index is 14.6. The number of sulfonamides is 1. The Balaban J connectivity index is 1.34. The summed E-state index contributed by atoms with van der Waals surface area (Å²) in [4.78, 5) is 5.89. The van der Waals surface area contributed by atoms with Crippen LogP contribution in [0, 0.1) is 11.7 Å². The highest BCUT2D eigenvalue weighted by molar-refractivity contribution is 7.93. The van der Waals surface area contributed by atoms with Crippen LogP contribution in [0.15, 0.2) is 28.6 Å². The van der Waals surface area contributed by atoms with E-state index in [1.807, 2.05) is 0 Å². The molecule has 0 spiro atoms. The van der Waals surface area contributed by atoms with Crippen molar-refractivity contribution in [2.75, 3.05) is 42.9 Å². The molecular formula is C20H26ClFN4O3S2. The molecule has 4 rings (SSSR count). The van der Waals surface area contributed by atoms with Crippen molar-refractivity contribution in [3.63, 3.8) is 0 Å². The Kier molecular flexibility index (Phi) is 7.33. The van der Waals surface area contributed by atoms with Gasteiger partial charge in [-0.25, -0.2) is 17.8 Å². The number of aromatic nitrogens is 1. The third-order valence-electron chi connectivity index (χ3n) is 5.92. The summed E-state index contributed by atoms with van der Waals surface area (Å²) in [6.07, 6.45) is 5.95. The molecule has 2 fully saturated rings. The van der Waals surface area contributed by atoms with E-state index in [1.54, 1.807) is 5.38 Å². The van der Waals surface area contributed by atoms with Crippen molar-refractivity contribution in [1.29, 1.82) is 0 Å². The van der Waals surface area contributed by atoms with E-state index in [9.17, 15) is 12.8 Å². The van der Waals surface area contributed by atoms with Crippen molar-refractivity contribution < 1.29 is 17.5 Å². The fourth-order valence-corrected chi connectivity index (χ4v) is 6.40. The number of morpholine rings is 1. The number of rotatable bonds is 7. The maximum Gasteiger partial charge on any atom is 0.266 e. The second kappa shape index (κ2) is 9.99. The van der Waals surface area contributed by atoms with E-state index >= 15 is 0 Å². The van der Waals surface area contributed by atoms with Crippen molar-refractivity contribution in [3.8, 4) is 0 Å². The third-order valence-corrected chi connectivity index (χ3v) is 8.41. The van der Waals surface area contributed by atoms with Crippen molar-refractivity contribution >= 4 is 43.8 Å². The predicted octanol–water partition coefficient (Wildman–Crippen LogP) is 4.04. The summed E-state index contributed by atoms with van der Waals surface area (Å²) in [7, 11) is -4.11. The maximum absolute atomic E-state index is 14.6. The lowest BCUT2D eigenvalue weighted by Crippen LogP contribution is -2.45. The van der Waals surface area contributed by atoms with Crippen LogP contribution in [0.4, 0.5) is 15.2 Å². The minimum Gasteiger partial charge on any atom is -0.383 e. The van der Waals surface area contributed by atoms with Crippen LogP contribution in [0.5, 0.6) is 0 Å². The van der Waals surface area contributed by atoms with Crippen LogP contribution >= 0.6 is 22.9 Å². The standard InChI is InChI=1S/C20H26ClFN4O3S2/c21-16-11-19(31(27,28)25-20-23-5-10-30-20)17(22)12-18(16)24-13-14-1-3-15(4-2-14)26-6-8-29-9-7-26/h5,10-12,14-15,24H,1-4,6-9,13H2,(H,23,25). The Morgan fingerprint density at radius 1 is 1.23 bits per heavy atom. The molecule has 2 aliphatic rings. The number of benzene rings is 1. The summed E-state index contributed by atoms with van der Waals surface area (Å²) in [6.45, 7) is 4.33. The quantitative estimate of drug-likeness (QED) is 0.612. The van der Waals surface area contributed by atoms with Gasteiger partial charge in [0, 0.05) is 37.3 Å². The predicted molar refractivity (Wildman–Crippen MR) is 121 cm³/mol. The summed E-state index contributed by atoms with van der Waals surface area (Å²) in [6, 6.07) is 2.92. The van der Waals surface area contributed by atoms with Gasteiger partial charge in [-0.3, -0.25) is 9.62 Å². The largest absolute Gasteiger partial charge is 0.383 e. The molecule has 31 heavy (non-hydrogen) atoms. The van der Waals surface area contributed by atoms with Gasteiger partial charge < -0.3 is 10.1 Å². The van der Waals surface area contributed by atoms with E-state index in [2.05, 4.69) is 19.9 Å². The lowest BCUT2D eigenvalue weighted by atomic mass is 9.85. The summed E-state index contributed by atoms with van der Waals surface area (Å²) >= 11 is 7.39. The molecule has 1 saturated carbocycles. The van der Waals surface area contributed by atoms with E-state index in [1.165, 1.54) is 6.20 Å². The molecule has 2 N–H and O–H groups in total. The highest BCUT2D eigenvalue weighted by Gasteiger charge is 2.27. The van der Waals surface area contributed by atoms with Gasteiger partial charge in [0.25, 0.3) is 10.0 Å².